The van der Waals surface area contributed by atoms with Gasteiger partial charge in [-0.1, -0.05) is 60.7 Å². The fourth-order valence-electron chi connectivity index (χ4n) is 1.76. The number of hydrogen-bond donors (Lipinski definition) is 1. The van der Waals surface area contributed by atoms with Crippen molar-refractivity contribution in [3.8, 4) is 0 Å². The molecule has 0 amide bonds. The Balaban J connectivity index is 2.32. The Kier molecular flexibility index (Phi) is 4.10. The average molecular weight is 241 g/mol. The zero-order valence-electron chi connectivity index (χ0n) is 9.95. The second-order valence-electron chi connectivity index (χ2n) is 3.90. The van der Waals surface area contributed by atoms with Crippen molar-refractivity contribution in [1.29, 1.82) is 0 Å². The topological polar surface area (TPSA) is 52.3 Å². The van der Waals surface area contributed by atoms with Crippen LogP contribution in [0.3, 0.4) is 0 Å². The molecule has 0 aromatic heterocycles. The zero-order valence-corrected chi connectivity index (χ0v) is 9.95. The van der Waals surface area contributed by atoms with Crippen molar-refractivity contribution in [1.82, 2.24) is 0 Å². The van der Waals surface area contributed by atoms with Gasteiger partial charge in [0.2, 0.25) is 0 Å². The van der Waals surface area contributed by atoms with Gasteiger partial charge in [0, 0.05) is 0 Å². The first-order chi connectivity index (χ1) is 8.81. The molecule has 0 saturated carbocycles. The normalized spacial score (nSPS) is 10.3. The molecule has 0 bridgehead atoms. The summed E-state index contributed by atoms with van der Waals surface area (Å²) in [7, 11) is 0. The summed E-state index contributed by atoms with van der Waals surface area (Å²) in [5.74, 6) is -0.410. The van der Waals surface area contributed by atoms with Gasteiger partial charge >= 0.3 is 5.97 Å². The highest BCUT2D eigenvalue weighted by atomic mass is 16.5. The standard InChI is InChI=1S/C15H15NO2/c16-11-14(17)18-15(12-7-3-1-4-8-12)13-9-5-2-6-10-13/h1-10,15H,11,16H2. The van der Waals surface area contributed by atoms with E-state index in [1.54, 1.807) is 0 Å². The number of ether oxygens (including phenoxy) is 1. The summed E-state index contributed by atoms with van der Waals surface area (Å²) in [5, 5.41) is 0. The highest BCUT2D eigenvalue weighted by molar-refractivity contribution is 5.72. The molecular formula is C15H15NO2. The van der Waals surface area contributed by atoms with Crippen LogP contribution in [-0.4, -0.2) is 12.5 Å². The molecule has 3 nitrogen and oxygen atoms in total. The Labute approximate surface area is 106 Å². The van der Waals surface area contributed by atoms with E-state index in [1.165, 1.54) is 0 Å². The molecule has 0 heterocycles. The lowest BCUT2D eigenvalue weighted by atomic mass is 10.0. The quantitative estimate of drug-likeness (QED) is 0.835. The van der Waals surface area contributed by atoms with Gasteiger partial charge < -0.3 is 10.5 Å². The van der Waals surface area contributed by atoms with Crippen molar-refractivity contribution in [3.05, 3.63) is 71.8 Å². The lowest BCUT2D eigenvalue weighted by Gasteiger charge is -2.18. The van der Waals surface area contributed by atoms with Crippen molar-refractivity contribution in [2.75, 3.05) is 6.54 Å². The van der Waals surface area contributed by atoms with Crippen LogP contribution < -0.4 is 5.73 Å². The molecule has 0 aliphatic carbocycles. The number of rotatable bonds is 4. The van der Waals surface area contributed by atoms with Gasteiger partial charge in [-0.2, -0.15) is 0 Å². The summed E-state index contributed by atoms with van der Waals surface area (Å²) in [5.41, 5.74) is 7.17. The Bertz CT molecular complexity index is 457. The third-order valence-corrected chi connectivity index (χ3v) is 2.62. The van der Waals surface area contributed by atoms with E-state index in [-0.39, 0.29) is 6.54 Å². The lowest BCUT2D eigenvalue weighted by molar-refractivity contribution is -0.145. The predicted octanol–water partition coefficient (Wildman–Crippen LogP) is 2.28. The van der Waals surface area contributed by atoms with Gasteiger partial charge in [-0.15, -0.1) is 0 Å². The third-order valence-electron chi connectivity index (χ3n) is 2.62. The zero-order chi connectivity index (χ0) is 12.8. The molecule has 0 aliphatic heterocycles. The molecule has 2 N–H and O–H groups in total. The molecule has 2 aromatic rings. The van der Waals surface area contributed by atoms with E-state index in [9.17, 15) is 4.79 Å². The summed E-state index contributed by atoms with van der Waals surface area (Å²) in [6.07, 6.45) is -0.400. The minimum Gasteiger partial charge on any atom is -0.452 e. The minimum absolute atomic E-state index is 0.115. The summed E-state index contributed by atoms with van der Waals surface area (Å²) in [4.78, 5) is 11.4. The summed E-state index contributed by atoms with van der Waals surface area (Å²) in [6, 6.07) is 19.3. The summed E-state index contributed by atoms with van der Waals surface area (Å²) < 4.78 is 5.41. The first-order valence-corrected chi connectivity index (χ1v) is 5.80. The van der Waals surface area contributed by atoms with Crippen molar-refractivity contribution in [2.24, 2.45) is 5.73 Å². The third kappa shape index (κ3) is 2.96. The maximum absolute atomic E-state index is 11.4. The number of hydrogen-bond acceptors (Lipinski definition) is 3. The van der Waals surface area contributed by atoms with E-state index in [1.807, 2.05) is 60.7 Å². The van der Waals surface area contributed by atoms with Gasteiger partial charge in [0.25, 0.3) is 0 Å². The monoisotopic (exact) mass is 241 g/mol. The molecule has 0 aliphatic rings. The lowest BCUT2D eigenvalue weighted by Crippen LogP contribution is -2.20. The van der Waals surface area contributed by atoms with Crippen molar-refractivity contribution < 1.29 is 9.53 Å². The van der Waals surface area contributed by atoms with E-state index in [0.29, 0.717) is 0 Å². The maximum atomic E-state index is 11.4. The molecule has 0 fully saturated rings. The van der Waals surface area contributed by atoms with E-state index in [0.717, 1.165) is 11.1 Å². The summed E-state index contributed by atoms with van der Waals surface area (Å²) >= 11 is 0. The van der Waals surface area contributed by atoms with E-state index < -0.39 is 12.1 Å². The SMILES string of the molecule is NCC(=O)OC(c1ccccc1)c1ccccc1. The summed E-state index contributed by atoms with van der Waals surface area (Å²) in [6.45, 7) is -0.115. The molecule has 0 spiro atoms. The van der Waals surface area contributed by atoms with Gasteiger partial charge in [-0.3, -0.25) is 4.79 Å². The first-order valence-electron chi connectivity index (χ1n) is 5.80. The number of esters is 1. The first kappa shape index (κ1) is 12.3. The van der Waals surface area contributed by atoms with E-state index in [4.69, 9.17) is 10.5 Å². The number of nitrogens with two attached hydrogens (primary N) is 1. The van der Waals surface area contributed by atoms with Crippen molar-refractivity contribution in [3.63, 3.8) is 0 Å². The smallest absolute Gasteiger partial charge is 0.320 e. The fourth-order valence-corrected chi connectivity index (χ4v) is 1.76. The van der Waals surface area contributed by atoms with Crippen LogP contribution >= 0.6 is 0 Å². The Morgan fingerprint density at radius 3 is 1.78 bits per heavy atom. The Morgan fingerprint density at radius 1 is 0.944 bits per heavy atom. The highest BCUT2D eigenvalue weighted by Crippen LogP contribution is 2.25. The van der Waals surface area contributed by atoms with Gasteiger partial charge in [0.05, 0.1) is 6.54 Å². The fraction of sp³-hybridized carbons (Fsp3) is 0.133. The molecular weight excluding hydrogens is 226 g/mol. The Morgan fingerprint density at radius 2 is 1.39 bits per heavy atom. The second kappa shape index (κ2) is 5.98. The highest BCUT2D eigenvalue weighted by Gasteiger charge is 2.17. The largest absolute Gasteiger partial charge is 0.452 e. The van der Waals surface area contributed by atoms with Crippen LogP contribution in [0.25, 0.3) is 0 Å². The second-order valence-corrected chi connectivity index (χ2v) is 3.90. The van der Waals surface area contributed by atoms with Crippen LogP contribution in [0.5, 0.6) is 0 Å². The molecule has 3 heteroatoms. The maximum Gasteiger partial charge on any atom is 0.320 e. The minimum atomic E-state index is -0.410. The van der Waals surface area contributed by atoms with Gasteiger partial charge in [-0.25, -0.2) is 0 Å². The molecule has 18 heavy (non-hydrogen) atoms. The van der Waals surface area contributed by atoms with E-state index in [2.05, 4.69) is 0 Å². The van der Waals surface area contributed by atoms with E-state index >= 15 is 0 Å². The van der Waals surface area contributed by atoms with Crippen molar-refractivity contribution >= 4 is 5.97 Å². The molecule has 2 aromatic carbocycles. The van der Waals surface area contributed by atoms with Crippen LogP contribution in [-0.2, 0) is 9.53 Å². The molecule has 0 atom stereocenters. The van der Waals surface area contributed by atoms with Gasteiger partial charge in [-0.05, 0) is 11.1 Å². The number of carbonyl (C=O) groups is 1. The Hall–Kier alpha value is -2.13. The predicted molar refractivity (Wildman–Crippen MR) is 69.9 cm³/mol. The van der Waals surface area contributed by atoms with Crippen molar-refractivity contribution in [2.45, 2.75) is 6.10 Å². The van der Waals surface area contributed by atoms with Crippen LogP contribution in [0.1, 0.15) is 17.2 Å². The van der Waals surface area contributed by atoms with Crippen LogP contribution in [0.2, 0.25) is 0 Å². The average Bonchev–Trinajstić information content (AvgIpc) is 2.46. The van der Waals surface area contributed by atoms with Crippen LogP contribution in [0.4, 0.5) is 0 Å². The molecule has 0 radical (unpaired) electrons. The molecule has 92 valence electrons. The van der Waals surface area contributed by atoms with Gasteiger partial charge in [0.1, 0.15) is 0 Å². The molecule has 0 saturated heterocycles. The number of carbonyl (C=O) groups excluding carboxylic acids is 1. The van der Waals surface area contributed by atoms with Gasteiger partial charge in [0.15, 0.2) is 6.10 Å². The molecule has 2 rings (SSSR count). The molecule has 0 unspecified atom stereocenters. The van der Waals surface area contributed by atoms with Crippen LogP contribution in [0, 0.1) is 0 Å². The number of benzene rings is 2. The van der Waals surface area contributed by atoms with Crippen LogP contribution in [0.15, 0.2) is 60.7 Å².